The molecule has 1 aromatic rings. The van der Waals surface area contributed by atoms with Gasteiger partial charge in [0, 0.05) is 5.56 Å². The third-order valence-corrected chi connectivity index (χ3v) is 2.25. The molecule has 0 aliphatic carbocycles. The van der Waals surface area contributed by atoms with E-state index in [9.17, 15) is 4.79 Å². The Bertz CT molecular complexity index is 326. The van der Waals surface area contributed by atoms with Gasteiger partial charge in [-0.1, -0.05) is 31.5 Å². The number of rotatable bonds is 2. The van der Waals surface area contributed by atoms with Crippen LogP contribution in [0.25, 0.3) is 0 Å². The summed E-state index contributed by atoms with van der Waals surface area (Å²) in [6, 6.07) is 5.37. The molecule has 0 spiro atoms. The van der Waals surface area contributed by atoms with Crippen molar-refractivity contribution in [1.82, 2.24) is 3.53 Å². The molecule has 0 atom stereocenters. The van der Waals surface area contributed by atoms with Gasteiger partial charge in [-0.15, -0.1) is 0 Å². The van der Waals surface area contributed by atoms with E-state index in [0.717, 1.165) is 5.56 Å². The molecule has 0 bridgehead atoms. The van der Waals surface area contributed by atoms with Crippen LogP contribution in [0.1, 0.15) is 35.3 Å². The highest BCUT2D eigenvalue weighted by Gasteiger charge is 2.08. The van der Waals surface area contributed by atoms with E-state index < -0.39 is 0 Å². The van der Waals surface area contributed by atoms with Gasteiger partial charge in [0.1, 0.15) is 0 Å². The van der Waals surface area contributed by atoms with Crippen LogP contribution in [0.3, 0.4) is 0 Å². The summed E-state index contributed by atoms with van der Waals surface area (Å²) in [5.41, 5.74) is 2.23. The van der Waals surface area contributed by atoms with Crippen LogP contribution < -0.4 is 3.53 Å². The summed E-state index contributed by atoms with van der Waals surface area (Å²) in [7, 11) is 0. The number of hydrogen-bond donors (Lipinski definition) is 2. The first kappa shape index (κ1) is 14.4. The van der Waals surface area contributed by atoms with Gasteiger partial charge in [-0.2, -0.15) is 0 Å². The fourth-order valence-electron chi connectivity index (χ4n) is 1.13. The van der Waals surface area contributed by atoms with E-state index in [4.69, 9.17) is 5.11 Å². The van der Waals surface area contributed by atoms with Crippen LogP contribution in [-0.2, 0) is 6.61 Å². The molecule has 84 valence electrons. The number of aliphatic hydroxyl groups excluding tert-OH is 1. The predicted molar refractivity (Wildman–Crippen MR) is 69.9 cm³/mol. The summed E-state index contributed by atoms with van der Waals surface area (Å²) in [5.74, 6) is -0.176. The van der Waals surface area contributed by atoms with Gasteiger partial charge in [-0.25, -0.2) is 0 Å². The maximum Gasteiger partial charge on any atom is 0.260 e. The molecule has 0 aliphatic heterocycles. The number of hydrogen-bond acceptors (Lipinski definition) is 2. The SMILES string of the molecule is CC.Cc1ccc(C(=O)NI)c(CO)c1. The molecule has 4 heteroatoms. The smallest absolute Gasteiger partial charge is 0.260 e. The molecule has 3 nitrogen and oxygen atoms in total. The minimum absolute atomic E-state index is 0.110. The Kier molecular flexibility index (Phi) is 7.33. The maximum atomic E-state index is 11.3. The van der Waals surface area contributed by atoms with Crippen molar-refractivity contribution in [3.05, 3.63) is 34.9 Å². The molecule has 0 heterocycles. The van der Waals surface area contributed by atoms with Gasteiger partial charge in [0.05, 0.1) is 29.5 Å². The Hall–Kier alpha value is -0.620. The molecule has 1 aromatic carbocycles. The van der Waals surface area contributed by atoms with Crippen LogP contribution in [0, 0.1) is 6.92 Å². The van der Waals surface area contributed by atoms with Gasteiger partial charge >= 0.3 is 0 Å². The lowest BCUT2D eigenvalue weighted by Crippen LogP contribution is -2.14. The van der Waals surface area contributed by atoms with Crippen LogP contribution in [0.2, 0.25) is 0 Å². The van der Waals surface area contributed by atoms with E-state index in [0.29, 0.717) is 11.1 Å². The molecule has 0 unspecified atom stereocenters. The zero-order valence-corrected chi connectivity index (χ0v) is 11.3. The highest BCUT2D eigenvalue weighted by Crippen LogP contribution is 2.12. The normalized spacial score (nSPS) is 8.87. The molecule has 0 aromatic heterocycles. The van der Waals surface area contributed by atoms with Gasteiger partial charge in [0.25, 0.3) is 5.91 Å². The van der Waals surface area contributed by atoms with Crippen molar-refractivity contribution in [2.45, 2.75) is 27.4 Å². The summed E-state index contributed by atoms with van der Waals surface area (Å²) in [4.78, 5) is 11.3. The first-order valence-corrected chi connectivity index (χ1v) is 5.88. The van der Waals surface area contributed by atoms with Gasteiger partial charge in [-0.3, -0.25) is 8.32 Å². The van der Waals surface area contributed by atoms with Gasteiger partial charge in [0.15, 0.2) is 0 Å². The number of nitrogens with one attached hydrogen (secondary N) is 1. The maximum absolute atomic E-state index is 11.3. The monoisotopic (exact) mass is 321 g/mol. The summed E-state index contributed by atoms with van der Waals surface area (Å²) < 4.78 is 2.50. The van der Waals surface area contributed by atoms with Crippen molar-refractivity contribution >= 4 is 28.8 Å². The third-order valence-electron chi connectivity index (χ3n) is 1.76. The zero-order valence-electron chi connectivity index (χ0n) is 9.17. The summed E-state index contributed by atoms with van der Waals surface area (Å²) in [6.45, 7) is 5.81. The number of carbonyl (C=O) groups is 1. The molecule has 0 saturated heterocycles. The van der Waals surface area contributed by atoms with Crippen molar-refractivity contribution in [2.24, 2.45) is 0 Å². The Morgan fingerprint density at radius 1 is 1.47 bits per heavy atom. The number of aryl methyl sites for hydroxylation is 1. The van der Waals surface area contributed by atoms with Gasteiger partial charge in [0.2, 0.25) is 0 Å². The molecule has 0 fully saturated rings. The molecular formula is C11H16INO2. The average Bonchev–Trinajstić information content (AvgIpc) is 2.30. The van der Waals surface area contributed by atoms with E-state index >= 15 is 0 Å². The van der Waals surface area contributed by atoms with E-state index in [1.54, 1.807) is 35.0 Å². The van der Waals surface area contributed by atoms with Crippen LogP contribution in [0.15, 0.2) is 18.2 Å². The lowest BCUT2D eigenvalue weighted by Gasteiger charge is -2.05. The molecule has 0 radical (unpaired) electrons. The minimum atomic E-state index is -0.176. The lowest BCUT2D eigenvalue weighted by atomic mass is 10.0. The Morgan fingerprint density at radius 3 is 2.53 bits per heavy atom. The number of carbonyl (C=O) groups excluding carboxylic acids is 1. The van der Waals surface area contributed by atoms with E-state index in [-0.39, 0.29) is 12.5 Å². The lowest BCUT2D eigenvalue weighted by molar-refractivity contribution is 0.0986. The zero-order chi connectivity index (χ0) is 11.8. The van der Waals surface area contributed by atoms with E-state index in [1.165, 1.54) is 0 Å². The number of halogens is 1. The molecule has 0 saturated carbocycles. The van der Waals surface area contributed by atoms with E-state index in [2.05, 4.69) is 3.53 Å². The Morgan fingerprint density at radius 2 is 2.07 bits per heavy atom. The van der Waals surface area contributed by atoms with Crippen LogP contribution in [-0.4, -0.2) is 11.0 Å². The summed E-state index contributed by atoms with van der Waals surface area (Å²) >= 11 is 1.78. The molecule has 1 rings (SSSR count). The van der Waals surface area contributed by atoms with Crippen LogP contribution in [0.4, 0.5) is 0 Å². The summed E-state index contributed by atoms with van der Waals surface area (Å²) in [6.07, 6.45) is 0. The predicted octanol–water partition coefficient (Wildman–Crippen LogP) is 2.59. The first-order chi connectivity index (χ1) is 7.19. The van der Waals surface area contributed by atoms with Gasteiger partial charge < -0.3 is 5.11 Å². The topological polar surface area (TPSA) is 49.3 Å². The van der Waals surface area contributed by atoms with Crippen molar-refractivity contribution in [1.29, 1.82) is 0 Å². The number of benzene rings is 1. The quantitative estimate of drug-likeness (QED) is 0.650. The number of amides is 1. The largest absolute Gasteiger partial charge is 0.392 e. The van der Waals surface area contributed by atoms with E-state index in [1.807, 2.05) is 26.8 Å². The molecule has 0 aliphatic rings. The summed E-state index contributed by atoms with van der Waals surface area (Å²) in [5, 5.41) is 9.00. The average molecular weight is 321 g/mol. The number of aliphatic hydroxyl groups is 1. The standard InChI is InChI=1S/C9H10INO2.C2H6/c1-6-2-3-8(9(13)11-10)7(4-6)5-12;1-2/h2-4,12H,5H2,1H3,(H,11,13);1-2H3. The van der Waals surface area contributed by atoms with Crippen LogP contribution >= 0.6 is 22.9 Å². The highest BCUT2D eigenvalue weighted by atomic mass is 127. The van der Waals surface area contributed by atoms with Crippen molar-refractivity contribution in [2.75, 3.05) is 0 Å². The Balaban J connectivity index is 0.000000921. The fraction of sp³-hybridized carbons (Fsp3) is 0.364. The first-order valence-electron chi connectivity index (χ1n) is 4.80. The molecule has 2 N–H and O–H groups in total. The highest BCUT2D eigenvalue weighted by molar-refractivity contribution is 14.1. The van der Waals surface area contributed by atoms with Crippen molar-refractivity contribution in [3.63, 3.8) is 0 Å². The van der Waals surface area contributed by atoms with Crippen molar-refractivity contribution in [3.8, 4) is 0 Å². The second-order valence-corrected chi connectivity index (χ2v) is 3.28. The fourth-order valence-corrected chi connectivity index (χ4v) is 1.42. The second-order valence-electron chi connectivity index (χ2n) is 2.74. The third kappa shape index (κ3) is 4.17. The second kappa shape index (κ2) is 7.64. The minimum Gasteiger partial charge on any atom is -0.392 e. The van der Waals surface area contributed by atoms with Gasteiger partial charge in [-0.05, 0) is 18.6 Å². The molecular weight excluding hydrogens is 305 g/mol. The molecule has 1 amide bonds. The van der Waals surface area contributed by atoms with Crippen LogP contribution in [0.5, 0.6) is 0 Å². The Labute approximate surface area is 104 Å². The molecule has 15 heavy (non-hydrogen) atoms. The van der Waals surface area contributed by atoms with Crippen molar-refractivity contribution < 1.29 is 9.90 Å².